The fraction of sp³-hybridized carbons (Fsp3) is 0.143. The first-order chi connectivity index (χ1) is 9.04. The Balaban J connectivity index is 2.55. The molecule has 1 unspecified atom stereocenters. The lowest BCUT2D eigenvalue weighted by Crippen LogP contribution is -2.01. The summed E-state index contributed by atoms with van der Waals surface area (Å²) >= 11 is 18.3. The number of methoxy groups -OCH3 is 1. The number of hydrogen-bond donors (Lipinski definition) is 0. The van der Waals surface area contributed by atoms with Gasteiger partial charge in [-0.3, -0.25) is 0 Å². The highest BCUT2D eigenvalue weighted by molar-refractivity contribution is 6.33. The molecule has 0 fully saturated rings. The molecule has 0 bridgehead atoms. The molecule has 0 aliphatic rings. The molecule has 0 N–H and O–H groups in total. The van der Waals surface area contributed by atoms with Crippen molar-refractivity contribution < 1.29 is 9.13 Å². The molecule has 1 atom stereocenters. The average molecular weight is 320 g/mol. The van der Waals surface area contributed by atoms with Gasteiger partial charge in [0.15, 0.2) is 0 Å². The standard InChI is InChI=1S/C14H10Cl3FO/c1-19-12-6-5-8(15)7-9(12)14(17)13-10(16)3-2-4-11(13)18/h2-7,14H,1H3. The van der Waals surface area contributed by atoms with E-state index < -0.39 is 11.2 Å². The minimum absolute atomic E-state index is 0.214. The Labute approximate surface area is 125 Å². The van der Waals surface area contributed by atoms with Crippen LogP contribution in [0.2, 0.25) is 10.0 Å². The third kappa shape index (κ3) is 2.97. The second-order valence-electron chi connectivity index (χ2n) is 3.88. The number of benzene rings is 2. The minimum atomic E-state index is -0.776. The molecule has 0 saturated heterocycles. The second-order valence-corrected chi connectivity index (χ2v) is 5.16. The van der Waals surface area contributed by atoms with Crippen molar-refractivity contribution >= 4 is 34.8 Å². The number of rotatable bonds is 3. The first kappa shape index (κ1) is 14.4. The van der Waals surface area contributed by atoms with Gasteiger partial charge in [0.1, 0.15) is 11.6 Å². The van der Waals surface area contributed by atoms with Crippen molar-refractivity contribution in [2.24, 2.45) is 0 Å². The van der Waals surface area contributed by atoms with Crippen LogP contribution in [-0.2, 0) is 0 Å². The molecule has 0 radical (unpaired) electrons. The number of ether oxygens (including phenoxy) is 1. The molecule has 0 heterocycles. The maximum absolute atomic E-state index is 13.9. The minimum Gasteiger partial charge on any atom is -0.496 e. The van der Waals surface area contributed by atoms with Crippen molar-refractivity contribution in [1.82, 2.24) is 0 Å². The first-order valence-electron chi connectivity index (χ1n) is 5.46. The molecule has 2 rings (SSSR count). The molecule has 0 aromatic heterocycles. The molecule has 0 saturated carbocycles. The van der Waals surface area contributed by atoms with Crippen molar-refractivity contribution in [3.63, 3.8) is 0 Å². The summed E-state index contributed by atoms with van der Waals surface area (Å²) in [6.07, 6.45) is 0. The third-order valence-electron chi connectivity index (χ3n) is 2.72. The Morgan fingerprint density at radius 2 is 1.89 bits per heavy atom. The van der Waals surface area contributed by atoms with Crippen LogP contribution in [0.4, 0.5) is 4.39 Å². The Bertz CT molecular complexity index is 581. The van der Waals surface area contributed by atoms with E-state index in [9.17, 15) is 4.39 Å². The van der Waals surface area contributed by atoms with Gasteiger partial charge in [-0.1, -0.05) is 29.3 Å². The summed E-state index contributed by atoms with van der Waals surface area (Å²) in [5, 5.41) is -0.0155. The predicted octanol–water partition coefficient (Wildman–Crippen LogP) is 5.47. The molecular formula is C14H10Cl3FO. The largest absolute Gasteiger partial charge is 0.496 e. The van der Waals surface area contributed by atoms with Gasteiger partial charge < -0.3 is 4.74 Å². The summed E-state index contributed by atoms with van der Waals surface area (Å²) < 4.78 is 19.1. The van der Waals surface area contributed by atoms with Gasteiger partial charge in [-0.2, -0.15) is 0 Å². The van der Waals surface area contributed by atoms with E-state index in [2.05, 4.69) is 0 Å². The van der Waals surface area contributed by atoms with Crippen LogP contribution in [0.25, 0.3) is 0 Å². The second kappa shape index (κ2) is 6.00. The van der Waals surface area contributed by atoms with Crippen LogP contribution in [0.5, 0.6) is 5.75 Å². The van der Waals surface area contributed by atoms with Gasteiger partial charge in [0, 0.05) is 21.2 Å². The Kier molecular flexibility index (Phi) is 4.56. The van der Waals surface area contributed by atoms with E-state index in [1.807, 2.05) is 0 Å². The van der Waals surface area contributed by atoms with Crippen LogP contribution in [0, 0.1) is 5.82 Å². The Morgan fingerprint density at radius 1 is 1.16 bits per heavy atom. The SMILES string of the molecule is COc1ccc(Cl)cc1C(Cl)c1c(F)cccc1Cl. The summed E-state index contributed by atoms with van der Waals surface area (Å²) in [4.78, 5) is 0. The summed E-state index contributed by atoms with van der Waals surface area (Å²) in [6, 6.07) is 9.43. The highest BCUT2D eigenvalue weighted by Crippen LogP contribution is 2.40. The maximum Gasteiger partial charge on any atom is 0.129 e. The van der Waals surface area contributed by atoms with Crippen LogP contribution in [0.1, 0.15) is 16.5 Å². The number of halogens is 4. The number of alkyl halides is 1. The monoisotopic (exact) mass is 318 g/mol. The van der Waals surface area contributed by atoms with Crippen molar-refractivity contribution in [2.75, 3.05) is 7.11 Å². The van der Waals surface area contributed by atoms with Crippen molar-refractivity contribution in [3.8, 4) is 5.75 Å². The van der Waals surface area contributed by atoms with Crippen LogP contribution in [0.3, 0.4) is 0 Å². The van der Waals surface area contributed by atoms with Crippen LogP contribution < -0.4 is 4.74 Å². The number of hydrogen-bond acceptors (Lipinski definition) is 1. The van der Waals surface area contributed by atoms with E-state index in [1.165, 1.54) is 19.2 Å². The zero-order valence-electron chi connectivity index (χ0n) is 9.96. The highest BCUT2D eigenvalue weighted by Gasteiger charge is 2.22. The summed E-state index contributed by atoms with van der Waals surface area (Å²) in [5.74, 6) is 0.0678. The van der Waals surface area contributed by atoms with Crippen molar-refractivity contribution in [2.45, 2.75) is 5.38 Å². The van der Waals surface area contributed by atoms with E-state index in [0.717, 1.165) is 0 Å². The third-order valence-corrected chi connectivity index (χ3v) is 3.74. The van der Waals surface area contributed by atoms with Crippen molar-refractivity contribution in [1.29, 1.82) is 0 Å². The van der Waals surface area contributed by atoms with E-state index in [0.29, 0.717) is 16.3 Å². The summed E-state index contributed by atoms with van der Waals surface area (Å²) in [7, 11) is 1.51. The maximum atomic E-state index is 13.9. The molecule has 1 nitrogen and oxygen atoms in total. The van der Waals surface area contributed by atoms with E-state index >= 15 is 0 Å². The molecule has 2 aromatic rings. The molecule has 2 aromatic carbocycles. The van der Waals surface area contributed by atoms with Gasteiger partial charge in [-0.25, -0.2) is 4.39 Å². The summed E-state index contributed by atoms with van der Waals surface area (Å²) in [5.41, 5.74) is 0.787. The first-order valence-corrected chi connectivity index (χ1v) is 6.65. The van der Waals surface area contributed by atoms with Gasteiger partial charge in [0.05, 0.1) is 12.5 Å². The van der Waals surface area contributed by atoms with Crippen LogP contribution in [-0.4, -0.2) is 7.11 Å². The fourth-order valence-corrected chi connectivity index (χ4v) is 2.71. The van der Waals surface area contributed by atoms with Gasteiger partial charge in [0.2, 0.25) is 0 Å². The van der Waals surface area contributed by atoms with Gasteiger partial charge >= 0.3 is 0 Å². The smallest absolute Gasteiger partial charge is 0.129 e. The lowest BCUT2D eigenvalue weighted by Gasteiger charge is -2.16. The molecule has 0 spiro atoms. The lowest BCUT2D eigenvalue weighted by atomic mass is 10.0. The van der Waals surface area contributed by atoms with Crippen molar-refractivity contribution in [3.05, 3.63) is 63.4 Å². The van der Waals surface area contributed by atoms with Crippen LogP contribution >= 0.6 is 34.8 Å². The van der Waals surface area contributed by atoms with E-state index in [4.69, 9.17) is 39.5 Å². The summed E-state index contributed by atoms with van der Waals surface area (Å²) in [6.45, 7) is 0. The molecule has 0 aliphatic carbocycles. The quantitative estimate of drug-likeness (QED) is 0.682. The van der Waals surface area contributed by atoms with Gasteiger partial charge in [-0.15, -0.1) is 11.6 Å². The van der Waals surface area contributed by atoms with E-state index in [-0.39, 0.29) is 10.6 Å². The predicted molar refractivity (Wildman–Crippen MR) is 77.1 cm³/mol. The topological polar surface area (TPSA) is 9.23 Å². The molecule has 19 heavy (non-hydrogen) atoms. The van der Waals surface area contributed by atoms with Gasteiger partial charge in [-0.05, 0) is 30.3 Å². The molecular weight excluding hydrogens is 310 g/mol. The zero-order chi connectivity index (χ0) is 14.0. The molecule has 0 amide bonds. The normalized spacial score (nSPS) is 12.3. The fourth-order valence-electron chi connectivity index (χ4n) is 1.81. The van der Waals surface area contributed by atoms with Gasteiger partial charge in [0.25, 0.3) is 0 Å². The Morgan fingerprint density at radius 3 is 2.53 bits per heavy atom. The van der Waals surface area contributed by atoms with Crippen LogP contribution in [0.15, 0.2) is 36.4 Å². The van der Waals surface area contributed by atoms with E-state index in [1.54, 1.807) is 24.3 Å². The zero-order valence-corrected chi connectivity index (χ0v) is 12.2. The molecule has 0 aliphatic heterocycles. The lowest BCUT2D eigenvalue weighted by molar-refractivity contribution is 0.410. The average Bonchev–Trinajstić information content (AvgIpc) is 2.38. The molecule has 5 heteroatoms. The molecule has 100 valence electrons. The highest BCUT2D eigenvalue weighted by atomic mass is 35.5. The Hall–Kier alpha value is -0.960.